The summed E-state index contributed by atoms with van der Waals surface area (Å²) in [5, 5.41) is 3.62. The first kappa shape index (κ1) is 13.4. The minimum Gasteiger partial charge on any atom is -0.326 e. The number of nitrogens with zero attached hydrogens (tertiary/aromatic N) is 1. The summed E-state index contributed by atoms with van der Waals surface area (Å²) in [6.07, 6.45) is 10.3. The highest BCUT2D eigenvalue weighted by atomic mass is 16.2. The zero-order chi connectivity index (χ0) is 13.5. The highest BCUT2D eigenvalue weighted by molar-refractivity contribution is 5.91. The van der Waals surface area contributed by atoms with Crippen molar-refractivity contribution in [3.05, 3.63) is 0 Å². The van der Waals surface area contributed by atoms with E-state index in [0.29, 0.717) is 18.0 Å². The van der Waals surface area contributed by atoms with E-state index in [9.17, 15) is 4.79 Å². The molecule has 1 amide bonds. The molecule has 1 heterocycles. The highest BCUT2D eigenvalue weighted by Gasteiger charge is 2.58. The van der Waals surface area contributed by atoms with Crippen LogP contribution >= 0.6 is 0 Å². The molecule has 1 saturated heterocycles. The molecule has 3 rings (SSSR count). The van der Waals surface area contributed by atoms with Crippen molar-refractivity contribution in [3.63, 3.8) is 0 Å². The lowest BCUT2D eigenvalue weighted by molar-refractivity contribution is -0.131. The van der Waals surface area contributed by atoms with Gasteiger partial charge in [0.25, 0.3) is 0 Å². The van der Waals surface area contributed by atoms with E-state index in [1.165, 1.54) is 32.1 Å². The first-order valence-electron chi connectivity index (χ1n) is 8.19. The third-order valence-electron chi connectivity index (χ3n) is 5.19. The fourth-order valence-corrected chi connectivity index (χ4v) is 3.87. The van der Waals surface area contributed by atoms with Gasteiger partial charge in [-0.1, -0.05) is 39.5 Å². The highest BCUT2D eigenvalue weighted by Crippen LogP contribution is 2.43. The minimum absolute atomic E-state index is 0.130. The molecule has 1 spiro atoms. The van der Waals surface area contributed by atoms with E-state index in [1.807, 2.05) is 0 Å². The number of nitrogens with one attached hydrogen (secondary N) is 1. The van der Waals surface area contributed by atoms with Crippen LogP contribution in [0.5, 0.6) is 0 Å². The van der Waals surface area contributed by atoms with Crippen LogP contribution in [-0.2, 0) is 4.79 Å². The molecule has 1 unspecified atom stereocenters. The summed E-state index contributed by atoms with van der Waals surface area (Å²) < 4.78 is 0. The van der Waals surface area contributed by atoms with E-state index >= 15 is 0 Å². The number of carbonyl (C=O) groups is 1. The summed E-state index contributed by atoms with van der Waals surface area (Å²) in [7, 11) is 0. The van der Waals surface area contributed by atoms with Crippen molar-refractivity contribution < 1.29 is 4.79 Å². The van der Waals surface area contributed by atoms with Crippen molar-refractivity contribution in [3.8, 4) is 0 Å². The van der Waals surface area contributed by atoms with Gasteiger partial charge >= 0.3 is 0 Å². The number of hydrogen-bond acceptors (Lipinski definition) is 2. The molecular weight excluding hydrogens is 236 g/mol. The molecule has 108 valence electrons. The Morgan fingerprint density at radius 2 is 2.00 bits per heavy atom. The summed E-state index contributed by atoms with van der Waals surface area (Å²) in [5.74, 6) is 1.92. The van der Waals surface area contributed by atoms with Crippen LogP contribution in [0, 0.1) is 11.8 Å². The van der Waals surface area contributed by atoms with Gasteiger partial charge in [0.2, 0.25) is 5.91 Å². The molecule has 3 aliphatic rings. The van der Waals surface area contributed by atoms with Crippen LogP contribution in [0.1, 0.15) is 65.2 Å². The Morgan fingerprint density at radius 3 is 2.58 bits per heavy atom. The molecule has 3 nitrogen and oxygen atoms in total. The average molecular weight is 264 g/mol. The predicted octanol–water partition coefficient (Wildman–Crippen LogP) is 2.90. The first-order chi connectivity index (χ1) is 9.11. The zero-order valence-electron chi connectivity index (χ0n) is 12.5. The number of rotatable bonds is 5. The Hall–Kier alpha value is -0.570. The third-order valence-corrected chi connectivity index (χ3v) is 5.19. The Labute approximate surface area is 117 Å². The molecule has 0 radical (unpaired) electrons. The minimum atomic E-state index is -0.130. The molecule has 1 atom stereocenters. The zero-order valence-corrected chi connectivity index (χ0v) is 12.5. The van der Waals surface area contributed by atoms with Gasteiger partial charge in [0.1, 0.15) is 0 Å². The lowest BCUT2D eigenvalue weighted by Crippen LogP contribution is -2.39. The van der Waals surface area contributed by atoms with Gasteiger partial charge in [0.05, 0.1) is 11.7 Å². The average Bonchev–Trinajstić information content (AvgIpc) is 2.85. The van der Waals surface area contributed by atoms with E-state index in [1.54, 1.807) is 0 Å². The van der Waals surface area contributed by atoms with Gasteiger partial charge < -0.3 is 4.90 Å². The van der Waals surface area contributed by atoms with Crippen molar-refractivity contribution in [2.75, 3.05) is 6.54 Å². The van der Waals surface area contributed by atoms with E-state index in [2.05, 4.69) is 24.1 Å². The summed E-state index contributed by atoms with van der Waals surface area (Å²) >= 11 is 0. The summed E-state index contributed by atoms with van der Waals surface area (Å²) in [4.78, 5) is 14.7. The maximum atomic E-state index is 12.5. The first-order valence-corrected chi connectivity index (χ1v) is 8.19. The molecule has 3 heteroatoms. The fourth-order valence-electron chi connectivity index (χ4n) is 3.87. The Balaban J connectivity index is 1.60. The van der Waals surface area contributed by atoms with Gasteiger partial charge in [-0.25, -0.2) is 0 Å². The standard InChI is InChI=1S/C16H28N2O/c1-12(2)11-14-17-16(8-9-16)15(19)18(14)10-7-13-5-3-4-6-13/h12-14,17H,3-11H2,1-2H3. The van der Waals surface area contributed by atoms with Crippen LogP contribution < -0.4 is 5.32 Å². The van der Waals surface area contributed by atoms with Crippen LogP contribution in [0.4, 0.5) is 0 Å². The van der Waals surface area contributed by atoms with Crippen molar-refractivity contribution in [1.29, 1.82) is 0 Å². The van der Waals surface area contributed by atoms with Gasteiger partial charge in [-0.3, -0.25) is 10.1 Å². The van der Waals surface area contributed by atoms with Gasteiger partial charge in [-0.2, -0.15) is 0 Å². The summed E-state index contributed by atoms with van der Waals surface area (Å²) in [5.41, 5.74) is -0.130. The molecule has 2 saturated carbocycles. The molecule has 19 heavy (non-hydrogen) atoms. The Morgan fingerprint density at radius 1 is 1.32 bits per heavy atom. The Kier molecular flexibility index (Phi) is 3.59. The van der Waals surface area contributed by atoms with Gasteiger partial charge in [-0.05, 0) is 37.5 Å². The molecule has 3 fully saturated rings. The summed E-state index contributed by atoms with van der Waals surface area (Å²) in [6.45, 7) is 5.48. The second-order valence-electron chi connectivity index (χ2n) is 7.31. The third kappa shape index (κ3) is 2.67. The lowest BCUT2D eigenvalue weighted by atomic mass is 10.0. The normalized spacial score (nSPS) is 29.9. The van der Waals surface area contributed by atoms with Crippen LogP contribution in [0.2, 0.25) is 0 Å². The maximum Gasteiger partial charge on any atom is 0.244 e. The van der Waals surface area contributed by atoms with Gasteiger partial charge in [-0.15, -0.1) is 0 Å². The summed E-state index contributed by atoms with van der Waals surface area (Å²) in [6, 6.07) is 0. The van der Waals surface area contributed by atoms with Crippen molar-refractivity contribution in [1.82, 2.24) is 10.2 Å². The van der Waals surface area contributed by atoms with Crippen LogP contribution in [-0.4, -0.2) is 29.1 Å². The van der Waals surface area contributed by atoms with E-state index < -0.39 is 0 Å². The molecule has 2 aliphatic carbocycles. The topological polar surface area (TPSA) is 32.3 Å². The monoisotopic (exact) mass is 264 g/mol. The molecule has 0 bridgehead atoms. The fraction of sp³-hybridized carbons (Fsp3) is 0.938. The van der Waals surface area contributed by atoms with E-state index in [0.717, 1.165) is 31.7 Å². The molecule has 0 aromatic carbocycles. The number of amides is 1. The van der Waals surface area contributed by atoms with Crippen molar-refractivity contribution in [2.24, 2.45) is 11.8 Å². The molecular formula is C16H28N2O. The molecule has 0 aromatic heterocycles. The van der Waals surface area contributed by atoms with Gasteiger partial charge in [0.15, 0.2) is 0 Å². The number of hydrogen-bond donors (Lipinski definition) is 1. The van der Waals surface area contributed by atoms with Crippen molar-refractivity contribution >= 4 is 5.91 Å². The SMILES string of the molecule is CC(C)CC1NC2(CC2)C(=O)N1CCC1CCCC1. The lowest BCUT2D eigenvalue weighted by Gasteiger charge is -2.26. The van der Waals surface area contributed by atoms with Crippen LogP contribution in [0.25, 0.3) is 0 Å². The number of carbonyl (C=O) groups excluding carboxylic acids is 1. The molecule has 1 N–H and O–H groups in total. The quantitative estimate of drug-likeness (QED) is 0.828. The largest absolute Gasteiger partial charge is 0.326 e. The van der Waals surface area contributed by atoms with Gasteiger partial charge in [0, 0.05) is 6.54 Å². The smallest absolute Gasteiger partial charge is 0.244 e. The second kappa shape index (κ2) is 5.08. The Bertz CT molecular complexity index is 343. The van der Waals surface area contributed by atoms with Crippen LogP contribution in [0.15, 0.2) is 0 Å². The molecule has 0 aromatic rings. The van der Waals surface area contributed by atoms with Crippen LogP contribution in [0.3, 0.4) is 0 Å². The molecule has 1 aliphatic heterocycles. The maximum absolute atomic E-state index is 12.5. The van der Waals surface area contributed by atoms with E-state index in [-0.39, 0.29) is 5.54 Å². The van der Waals surface area contributed by atoms with Crippen molar-refractivity contribution in [2.45, 2.75) is 76.9 Å². The predicted molar refractivity (Wildman–Crippen MR) is 76.6 cm³/mol. The second-order valence-corrected chi connectivity index (χ2v) is 7.31. The van der Waals surface area contributed by atoms with E-state index in [4.69, 9.17) is 0 Å².